The van der Waals surface area contributed by atoms with Gasteiger partial charge < -0.3 is 19.6 Å². The van der Waals surface area contributed by atoms with E-state index >= 15 is 0 Å². The van der Waals surface area contributed by atoms with Crippen molar-refractivity contribution in [2.45, 2.75) is 167 Å². The maximum absolute atomic E-state index is 12.3. The van der Waals surface area contributed by atoms with E-state index in [2.05, 4.69) is 6.92 Å². The molecule has 0 rings (SSSR count). The van der Waals surface area contributed by atoms with E-state index in [-0.39, 0.29) is 0 Å². The van der Waals surface area contributed by atoms with Crippen molar-refractivity contribution in [3.05, 3.63) is 0 Å². The number of quaternary nitrogens is 1. The van der Waals surface area contributed by atoms with E-state index in [1.54, 1.807) is 0 Å². The van der Waals surface area contributed by atoms with E-state index in [1.165, 1.54) is 128 Å². The molecule has 242 valence electrons. The Morgan fingerprint density at radius 1 is 0.650 bits per heavy atom. The van der Waals surface area contributed by atoms with E-state index < -0.39 is 33.2 Å². The van der Waals surface area contributed by atoms with Crippen molar-refractivity contribution >= 4 is 7.82 Å². The fraction of sp³-hybridized carbons (Fsp3) is 1.00. The van der Waals surface area contributed by atoms with Crippen molar-refractivity contribution in [1.82, 2.24) is 0 Å². The van der Waals surface area contributed by atoms with Gasteiger partial charge in [-0.05, 0) is 6.42 Å². The Morgan fingerprint density at radius 2 is 1.00 bits per heavy atom. The summed E-state index contributed by atoms with van der Waals surface area (Å²) in [6, 6.07) is 0. The van der Waals surface area contributed by atoms with Crippen LogP contribution < -0.4 is 0 Å². The Balaban J connectivity index is 3.65. The molecule has 0 amide bonds. The Bertz CT molecular complexity index is 586. The summed E-state index contributed by atoms with van der Waals surface area (Å²) in [5, 5.41) is 18.2. The lowest BCUT2D eigenvalue weighted by Gasteiger charge is -2.30. The molecule has 0 bridgehead atoms. The number of likely N-dealkylation sites (N-methyl/N-ethyl adjacent to an activating group) is 1. The second-order valence-electron chi connectivity index (χ2n) is 13.0. The minimum absolute atomic E-state index is 0.396. The first-order valence-corrected chi connectivity index (χ1v) is 18.3. The fourth-order valence-electron chi connectivity index (χ4n) is 5.22. The standard InChI is InChI=1S/C32H68NO6P/c1-5-6-7-8-9-10-11-12-13-14-15-16-17-18-19-20-21-22-23-24-25-26-27-32(28-33(2,3)4)39-40(36,37)38-30-31(35)29-34/h31-32,34-35H,5-30H2,1-4H3/p+1. The molecule has 0 saturated carbocycles. The molecule has 0 aromatic heterocycles. The van der Waals surface area contributed by atoms with Crippen LogP contribution in [-0.4, -0.2) is 72.7 Å². The molecule has 7 nitrogen and oxygen atoms in total. The molecular formula is C32H69NO6P+. The van der Waals surface area contributed by atoms with Crippen LogP contribution in [0.2, 0.25) is 0 Å². The van der Waals surface area contributed by atoms with Crippen LogP contribution in [0.1, 0.15) is 155 Å². The summed E-state index contributed by atoms with van der Waals surface area (Å²) in [5.74, 6) is 0. The maximum atomic E-state index is 12.3. The zero-order chi connectivity index (χ0) is 30.0. The zero-order valence-corrected chi connectivity index (χ0v) is 27.9. The van der Waals surface area contributed by atoms with Gasteiger partial charge in [0.05, 0.1) is 34.4 Å². The van der Waals surface area contributed by atoms with Crippen molar-refractivity contribution in [1.29, 1.82) is 0 Å². The number of phosphoric acid groups is 1. The first-order chi connectivity index (χ1) is 19.1. The number of rotatable bonds is 31. The first-order valence-electron chi connectivity index (χ1n) is 16.8. The van der Waals surface area contributed by atoms with Gasteiger partial charge in [-0.1, -0.05) is 148 Å². The largest absolute Gasteiger partial charge is 0.472 e. The number of hydrogen-bond donors (Lipinski definition) is 3. The third kappa shape index (κ3) is 29.5. The van der Waals surface area contributed by atoms with Gasteiger partial charge in [0.1, 0.15) is 18.8 Å². The van der Waals surface area contributed by atoms with E-state index in [4.69, 9.17) is 14.2 Å². The Hall–Kier alpha value is -0.0100. The van der Waals surface area contributed by atoms with Gasteiger partial charge in [0.2, 0.25) is 0 Å². The van der Waals surface area contributed by atoms with E-state index in [9.17, 15) is 14.6 Å². The molecule has 0 spiro atoms. The molecule has 0 aromatic carbocycles. The topological polar surface area (TPSA) is 96.2 Å². The Labute approximate surface area is 248 Å². The van der Waals surface area contributed by atoms with Crippen LogP contribution in [0.25, 0.3) is 0 Å². The molecule has 0 saturated heterocycles. The normalized spacial score (nSPS) is 15.3. The molecule has 3 atom stereocenters. The second-order valence-corrected chi connectivity index (χ2v) is 14.4. The highest BCUT2D eigenvalue weighted by atomic mass is 31.2. The molecule has 40 heavy (non-hydrogen) atoms. The lowest BCUT2D eigenvalue weighted by molar-refractivity contribution is -0.873. The minimum atomic E-state index is -4.28. The summed E-state index contributed by atoms with van der Waals surface area (Å²) in [6.45, 7) is 1.92. The smallest absolute Gasteiger partial charge is 0.394 e. The first kappa shape index (κ1) is 40.0. The average Bonchev–Trinajstić information content (AvgIpc) is 2.89. The monoisotopic (exact) mass is 594 g/mol. The number of phosphoric ester groups is 1. The lowest BCUT2D eigenvalue weighted by Crippen LogP contribution is -2.42. The number of aliphatic hydroxyl groups is 2. The number of nitrogens with zero attached hydrogens (tertiary/aromatic N) is 1. The minimum Gasteiger partial charge on any atom is -0.394 e. The van der Waals surface area contributed by atoms with Gasteiger partial charge >= 0.3 is 7.82 Å². The summed E-state index contributed by atoms with van der Waals surface area (Å²) in [4.78, 5) is 10.0. The molecule has 0 aliphatic heterocycles. The molecule has 3 N–H and O–H groups in total. The van der Waals surface area contributed by atoms with Crippen LogP contribution >= 0.6 is 7.82 Å². The predicted octanol–water partition coefficient (Wildman–Crippen LogP) is 8.54. The molecule has 3 unspecified atom stereocenters. The number of hydrogen-bond acceptors (Lipinski definition) is 5. The van der Waals surface area contributed by atoms with Crippen molar-refractivity contribution in [2.24, 2.45) is 0 Å². The fourth-order valence-corrected chi connectivity index (χ4v) is 6.19. The van der Waals surface area contributed by atoms with Crippen LogP contribution in [0.15, 0.2) is 0 Å². The molecule has 0 aliphatic carbocycles. The van der Waals surface area contributed by atoms with Gasteiger partial charge in [0.15, 0.2) is 0 Å². The quantitative estimate of drug-likeness (QED) is 0.0423. The molecular weight excluding hydrogens is 525 g/mol. The van der Waals surface area contributed by atoms with Crippen molar-refractivity contribution in [3.8, 4) is 0 Å². The third-order valence-electron chi connectivity index (χ3n) is 7.55. The van der Waals surface area contributed by atoms with E-state index in [1.807, 2.05) is 21.1 Å². The SMILES string of the molecule is CCCCCCCCCCCCCCCCCCCCCCCCC(C[N+](C)(C)C)OP(=O)(O)OCC(O)CO. The molecule has 0 radical (unpaired) electrons. The zero-order valence-electron chi connectivity index (χ0n) is 27.0. The second kappa shape index (κ2) is 26.6. The molecule has 0 fully saturated rings. The predicted molar refractivity (Wildman–Crippen MR) is 169 cm³/mol. The summed E-state index contributed by atoms with van der Waals surface area (Å²) in [7, 11) is 1.78. The average molecular weight is 595 g/mol. The van der Waals surface area contributed by atoms with Crippen LogP contribution in [0.5, 0.6) is 0 Å². The highest BCUT2D eigenvalue weighted by Gasteiger charge is 2.30. The highest BCUT2D eigenvalue weighted by molar-refractivity contribution is 7.47. The van der Waals surface area contributed by atoms with Crippen molar-refractivity contribution < 1.29 is 33.2 Å². The highest BCUT2D eigenvalue weighted by Crippen LogP contribution is 2.45. The van der Waals surface area contributed by atoms with Gasteiger partial charge in [-0.15, -0.1) is 0 Å². The van der Waals surface area contributed by atoms with Crippen LogP contribution in [-0.2, 0) is 13.6 Å². The summed E-state index contributed by atoms with van der Waals surface area (Å²) >= 11 is 0. The maximum Gasteiger partial charge on any atom is 0.472 e. The summed E-state index contributed by atoms with van der Waals surface area (Å²) < 4.78 is 23.2. The van der Waals surface area contributed by atoms with E-state index in [0.29, 0.717) is 17.4 Å². The molecule has 0 aliphatic rings. The van der Waals surface area contributed by atoms with Gasteiger partial charge in [0, 0.05) is 0 Å². The van der Waals surface area contributed by atoms with Crippen LogP contribution in [0, 0.1) is 0 Å². The van der Waals surface area contributed by atoms with Gasteiger partial charge in [-0.2, -0.15) is 0 Å². The van der Waals surface area contributed by atoms with Gasteiger partial charge in [0.25, 0.3) is 0 Å². The van der Waals surface area contributed by atoms with Crippen LogP contribution in [0.3, 0.4) is 0 Å². The molecule has 8 heteroatoms. The summed E-state index contributed by atoms with van der Waals surface area (Å²) in [5.41, 5.74) is 0. The Morgan fingerprint density at radius 3 is 1.32 bits per heavy atom. The van der Waals surface area contributed by atoms with E-state index in [0.717, 1.165) is 12.8 Å². The van der Waals surface area contributed by atoms with Gasteiger partial charge in [-0.3, -0.25) is 9.05 Å². The van der Waals surface area contributed by atoms with Gasteiger partial charge in [-0.25, -0.2) is 4.57 Å². The number of aliphatic hydroxyl groups excluding tert-OH is 2. The number of unbranched alkanes of at least 4 members (excludes halogenated alkanes) is 21. The summed E-state index contributed by atoms with van der Waals surface area (Å²) in [6.07, 6.45) is 28.9. The van der Waals surface area contributed by atoms with Crippen molar-refractivity contribution in [2.75, 3.05) is 40.9 Å². The lowest BCUT2D eigenvalue weighted by atomic mass is 10.0. The molecule has 0 heterocycles. The van der Waals surface area contributed by atoms with Crippen LogP contribution in [0.4, 0.5) is 0 Å². The third-order valence-corrected chi connectivity index (χ3v) is 8.59. The Kier molecular flexibility index (Phi) is 26.6. The van der Waals surface area contributed by atoms with Crippen molar-refractivity contribution in [3.63, 3.8) is 0 Å². The molecule has 0 aromatic rings.